The van der Waals surface area contributed by atoms with Crippen molar-refractivity contribution in [2.45, 2.75) is 25.3 Å². The minimum Gasteiger partial charge on any atom is -0.345 e. The van der Waals surface area contributed by atoms with E-state index in [9.17, 15) is 4.79 Å². The molecule has 0 saturated carbocycles. The molecule has 0 radical (unpaired) electrons. The summed E-state index contributed by atoms with van der Waals surface area (Å²) in [4.78, 5) is 16.8. The Morgan fingerprint density at radius 1 is 1.10 bits per heavy atom. The van der Waals surface area contributed by atoms with Crippen molar-refractivity contribution < 1.29 is 4.79 Å². The summed E-state index contributed by atoms with van der Waals surface area (Å²) < 4.78 is 0. The Labute approximate surface area is 120 Å². The Kier molecular flexibility index (Phi) is 2.84. The predicted octanol–water partition coefficient (Wildman–Crippen LogP) is 1.56. The number of carbonyl (C=O) groups excluding carboxylic acids is 1. The second-order valence-electron chi connectivity index (χ2n) is 6.70. The third kappa shape index (κ3) is 1.87. The maximum Gasteiger partial charge on any atom is 0.227 e. The molecule has 1 aromatic carbocycles. The smallest absolute Gasteiger partial charge is 0.227 e. The van der Waals surface area contributed by atoms with Gasteiger partial charge in [-0.1, -0.05) is 24.3 Å². The summed E-state index contributed by atoms with van der Waals surface area (Å²) >= 11 is 0. The monoisotopic (exact) mass is 270 g/mol. The van der Waals surface area contributed by atoms with Crippen molar-refractivity contribution in [3.63, 3.8) is 0 Å². The SMILES string of the molecule is CN1CC[C@@H]2CN(C3Cc4ccccc4C3)C[C@@H]2C1=O. The van der Waals surface area contributed by atoms with Gasteiger partial charge in [0.1, 0.15) is 0 Å². The zero-order chi connectivity index (χ0) is 13.7. The summed E-state index contributed by atoms with van der Waals surface area (Å²) in [5.41, 5.74) is 3.02. The molecule has 2 aliphatic heterocycles. The van der Waals surface area contributed by atoms with Gasteiger partial charge in [-0.25, -0.2) is 0 Å². The van der Waals surface area contributed by atoms with E-state index in [0.29, 0.717) is 17.9 Å². The van der Waals surface area contributed by atoms with Gasteiger partial charge in [0.05, 0.1) is 5.92 Å². The van der Waals surface area contributed by atoms with Crippen LogP contribution in [0.25, 0.3) is 0 Å². The van der Waals surface area contributed by atoms with Crippen LogP contribution >= 0.6 is 0 Å². The fourth-order valence-electron chi connectivity index (χ4n) is 4.32. The quantitative estimate of drug-likeness (QED) is 0.773. The largest absolute Gasteiger partial charge is 0.345 e. The third-order valence-corrected chi connectivity index (χ3v) is 5.54. The van der Waals surface area contributed by atoms with E-state index in [2.05, 4.69) is 29.2 Å². The zero-order valence-corrected chi connectivity index (χ0v) is 12.1. The average Bonchev–Trinajstić information content (AvgIpc) is 3.06. The van der Waals surface area contributed by atoms with Gasteiger partial charge in [-0.2, -0.15) is 0 Å². The molecule has 0 N–H and O–H groups in total. The summed E-state index contributed by atoms with van der Waals surface area (Å²) in [5, 5.41) is 0. The van der Waals surface area contributed by atoms with Gasteiger partial charge in [-0.05, 0) is 36.3 Å². The third-order valence-electron chi connectivity index (χ3n) is 5.54. The van der Waals surface area contributed by atoms with E-state index in [1.807, 2.05) is 11.9 Å². The number of amides is 1. The molecule has 3 aliphatic rings. The van der Waals surface area contributed by atoms with Crippen molar-refractivity contribution in [3.8, 4) is 0 Å². The molecule has 2 saturated heterocycles. The first kappa shape index (κ1) is 12.4. The molecule has 2 atom stereocenters. The fraction of sp³-hybridized carbons (Fsp3) is 0.588. The van der Waals surface area contributed by atoms with Crippen molar-refractivity contribution in [2.24, 2.45) is 11.8 Å². The van der Waals surface area contributed by atoms with Crippen LogP contribution in [0.15, 0.2) is 24.3 Å². The lowest BCUT2D eigenvalue weighted by Crippen LogP contribution is -2.43. The highest BCUT2D eigenvalue weighted by atomic mass is 16.2. The number of hydrogen-bond acceptors (Lipinski definition) is 2. The van der Waals surface area contributed by atoms with Gasteiger partial charge >= 0.3 is 0 Å². The molecule has 4 rings (SSSR count). The Bertz CT molecular complexity index is 517. The van der Waals surface area contributed by atoms with Crippen molar-refractivity contribution in [2.75, 3.05) is 26.7 Å². The van der Waals surface area contributed by atoms with Crippen LogP contribution in [0.1, 0.15) is 17.5 Å². The van der Waals surface area contributed by atoms with Gasteiger partial charge in [-0.15, -0.1) is 0 Å². The Balaban J connectivity index is 1.49. The highest BCUT2D eigenvalue weighted by Crippen LogP contribution is 2.35. The van der Waals surface area contributed by atoms with Gasteiger partial charge in [0.25, 0.3) is 0 Å². The van der Waals surface area contributed by atoms with E-state index in [-0.39, 0.29) is 5.92 Å². The lowest BCUT2D eigenvalue weighted by atomic mass is 9.88. The van der Waals surface area contributed by atoms with Crippen LogP contribution < -0.4 is 0 Å². The van der Waals surface area contributed by atoms with Crippen LogP contribution in [0.4, 0.5) is 0 Å². The molecule has 1 amide bonds. The molecule has 106 valence electrons. The molecule has 0 spiro atoms. The maximum atomic E-state index is 12.3. The summed E-state index contributed by atoms with van der Waals surface area (Å²) in [6, 6.07) is 9.43. The van der Waals surface area contributed by atoms with Crippen molar-refractivity contribution in [1.29, 1.82) is 0 Å². The lowest BCUT2D eigenvalue weighted by molar-refractivity contribution is -0.137. The van der Waals surface area contributed by atoms with Gasteiger partial charge in [0.15, 0.2) is 0 Å². The van der Waals surface area contributed by atoms with E-state index in [4.69, 9.17) is 0 Å². The molecular weight excluding hydrogens is 248 g/mol. The van der Waals surface area contributed by atoms with Crippen LogP contribution in [-0.2, 0) is 17.6 Å². The van der Waals surface area contributed by atoms with Crippen LogP contribution in [0.5, 0.6) is 0 Å². The molecule has 3 nitrogen and oxygen atoms in total. The Hall–Kier alpha value is -1.35. The maximum absolute atomic E-state index is 12.3. The minimum atomic E-state index is 0.262. The van der Waals surface area contributed by atoms with Crippen molar-refractivity contribution in [3.05, 3.63) is 35.4 Å². The average molecular weight is 270 g/mol. The molecular formula is C17H22N2O. The zero-order valence-electron chi connectivity index (χ0n) is 12.1. The molecule has 0 bridgehead atoms. The first-order valence-corrected chi connectivity index (χ1v) is 7.78. The summed E-state index contributed by atoms with van der Waals surface area (Å²) in [6.45, 7) is 3.05. The highest BCUT2D eigenvalue weighted by Gasteiger charge is 2.44. The first-order chi connectivity index (χ1) is 9.72. The molecule has 0 aromatic heterocycles. The number of rotatable bonds is 1. The van der Waals surface area contributed by atoms with E-state index in [1.165, 1.54) is 30.4 Å². The van der Waals surface area contributed by atoms with Gasteiger partial charge < -0.3 is 4.90 Å². The van der Waals surface area contributed by atoms with Crippen LogP contribution in [0, 0.1) is 11.8 Å². The fourth-order valence-corrected chi connectivity index (χ4v) is 4.32. The van der Waals surface area contributed by atoms with E-state index >= 15 is 0 Å². The highest BCUT2D eigenvalue weighted by molar-refractivity contribution is 5.80. The second-order valence-corrected chi connectivity index (χ2v) is 6.70. The summed E-state index contributed by atoms with van der Waals surface area (Å²) in [7, 11) is 1.95. The lowest BCUT2D eigenvalue weighted by Gasteiger charge is -2.30. The first-order valence-electron chi connectivity index (χ1n) is 7.78. The number of piperidine rings is 1. The molecule has 2 heterocycles. The molecule has 1 aromatic rings. The van der Waals surface area contributed by atoms with Crippen molar-refractivity contribution in [1.82, 2.24) is 9.80 Å². The summed E-state index contributed by atoms with van der Waals surface area (Å²) in [6.07, 6.45) is 3.52. The van der Waals surface area contributed by atoms with E-state index in [0.717, 1.165) is 19.6 Å². The van der Waals surface area contributed by atoms with Crippen LogP contribution in [0.3, 0.4) is 0 Å². The number of carbonyl (C=O) groups is 1. The van der Waals surface area contributed by atoms with Gasteiger partial charge in [-0.3, -0.25) is 9.69 Å². The molecule has 20 heavy (non-hydrogen) atoms. The normalized spacial score (nSPS) is 30.6. The Morgan fingerprint density at radius 3 is 2.50 bits per heavy atom. The number of nitrogens with zero attached hydrogens (tertiary/aromatic N) is 2. The van der Waals surface area contributed by atoms with Crippen LogP contribution in [0.2, 0.25) is 0 Å². The molecule has 3 heteroatoms. The predicted molar refractivity (Wildman–Crippen MR) is 78.4 cm³/mol. The molecule has 2 fully saturated rings. The molecule has 1 aliphatic carbocycles. The minimum absolute atomic E-state index is 0.262. The van der Waals surface area contributed by atoms with Gasteiger partial charge in [0, 0.05) is 32.7 Å². The summed E-state index contributed by atoms with van der Waals surface area (Å²) in [5.74, 6) is 1.24. The van der Waals surface area contributed by atoms with E-state index < -0.39 is 0 Å². The second kappa shape index (κ2) is 4.59. The Morgan fingerprint density at radius 2 is 1.80 bits per heavy atom. The van der Waals surface area contributed by atoms with Gasteiger partial charge in [0.2, 0.25) is 5.91 Å². The number of hydrogen-bond donors (Lipinski definition) is 0. The standard InChI is InChI=1S/C17H22N2O/c1-18-7-6-14-10-19(11-16(14)17(18)20)15-8-12-4-2-3-5-13(12)9-15/h2-5,14-16H,6-11H2,1H3/t14-,16+/m1/s1. The van der Waals surface area contributed by atoms with Crippen LogP contribution in [-0.4, -0.2) is 48.4 Å². The number of likely N-dealkylation sites (tertiary alicyclic amines) is 2. The van der Waals surface area contributed by atoms with E-state index in [1.54, 1.807) is 0 Å². The van der Waals surface area contributed by atoms with Crippen molar-refractivity contribution >= 4 is 5.91 Å². The number of benzene rings is 1. The number of fused-ring (bicyclic) bond motifs is 2. The molecule has 0 unspecified atom stereocenters. The topological polar surface area (TPSA) is 23.6 Å².